The van der Waals surface area contributed by atoms with Crippen LogP contribution < -0.4 is 0 Å². The van der Waals surface area contributed by atoms with Gasteiger partial charge in [0, 0.05) is 18.0 Å². The first kappa shape index (κ1) is 23.7. The van der Waals surface area contributed by atoms with E-state index in [2.05, 4.69) is 113 Å². The van der Waals surface area contributed by atoms with Gasteiger partial charge in [-0.15, -0.1) is 0 Å². The number of benzene rings is 4. The van der Waals surface area contributed by atoms with Crippen molar-refractivity contribution in [3.8, 4) is 11.3 Å². The van der Waals surface area contributed by atoms with Crippen LogP contribution in [0.2, 0.25) is 0 Å². The van der Waals surface area contributed by atoms with E-state index in [0.717, 1.165) is 34.5 Å². The summed E-state index contributed by atoms with van der Waals surface area (Å²) in [6.07, 6.45) is 1.01. The van der Waals surface area contributed by atoms with Gasteiger partial charge in [0.05, 0.1) is 16.7 Å². The molecule has 4 aromatic carbocycles. The predicted octanol–water partition coefficient (Wildman–Crippen LogP) is 8.90. The van der Waals surface area contributed by atoms with E-state index in [1.165, 1.54) is 43.6 Å². The van der Waals surface area contributed by atoms with Gasteiger partial charge in [-0.3, -0.25) is 0 Å². The number of fused-ring (bicyclic) bond motifs is 5. The number of rotatable bonds is 3. The molecule has 3 heteroatoms. The quantitative estimate of drug-likeness (QED) is 0.250. The molecule has 2 aromatic heterocycles. The maximum absolute atomic E-state index is 5.09. The second kappa shape index (κ2) is 8.41. The van der Waals surface area contributed by atoms with Gasteiger partial charge in [0.25, 0.3) is 0 Å². The molecule has 0 aliphatic carbocycles. The molecule has 2 heterocycles. The van der Waals surface area contributed by atoms with Gasteiger partial charge in [-0.1, -0.05) is 83.1 Å². The summed E-state index contributed by atoms with van der Waals surface area (Å²) >= 11 is 0. The number of nitrogens with zero attached hydrogens (tertiary/aromatic N) is 3. The summed E-state index contributed by atoms with van der Waals surface area (Å²) < 4.78 is 2.32. The third-order valence-corrected chi connectivity index (χ3v) is 7.62. The van der Waals surface area contributed by atoms with Crippen molar-refractivity contribution >= 4 is 43.5 Å². The Labute approximate surface area is 219 Å². The van der Waals surface area contributed by atoms with Crippen molar-refractivity contribution < 1.29 is 0 Å². The molecule has 0 spiro atoms. The van der Waals surface area contributed by atoms with E-state index in [1.54, 1.807) is 0 Å². The minimum Gasteiger partial charge on any atom is -0.340 e. The molecule has 0 saturated carbocycles. The third kappa shape index (κ3) is 3.80. The lowest BCUT2D eigenvalue weighted by Crippen LogP contribution is -2.12. The molecule has 0 radical (unpaired) electrons. The molecule has 6 rings (SSSR count). The van der Waals surface area contributed by atoms with Crippen molar-refractivity contribution in [2.75, 3.05) is 0 Å². The lowest BCUT2D eigenvalue weighted by Gasteiger charge is -2.23. The summed E-state index contributed by atoms with van der Waals surface area (Å²) in [7, 11) is 2.17. The fraction of sp³-hybridized carbons (Fsp3) is 0.294. The second-order valence-electron chi connectivity index (χ2n) is 11.9. The lowest BCUT2D eigenvalue weighted by atomic mass is 9.82. The largest absolute Gasteiger partial charge is 0.340 e. The fourth-order valence-electron chi connectivity index (χ4n) is 6.00. The van der Waals surface area contributed by atoms with E-state index in [-0.39, 0.29) is 5.41 Å². The third-order valence-electron chi connectivity index (χ3n) is 7.62. The number of hydrogen-bond acceptors (Lipinski definition) is 2. The standard InChI is InChI=1S/C34H35N3/c1-20(2)16-27-25-14-10-8-13-23(25)19-29-30(27)32-33(37(29)7)31(35-21(3)36-32)24-17-22-12-9-11-15-26(22)28(18-24)34(4,5)6/h8-15,17-20H,16H2,1-7H3. The van der Waals surface area contributed by atoms with Gasteiger partial charge in [-0.2, -0.15) is 0 Å². The zero-order chi connectivity index (χ0) is 26.1. The van der Waals surface area contributed by atoms with E-state index in [9.17, 15) is 0 Å². The molecule has 0 unspecified atom stereocenters. The predicted molar refractivity (Wildman–Crippen MR) is 158 cm³/mol. The fourth-order valence-corrected chi connectivity index (χ4v) is 6.00. The Bertz CT molecular complexity index is 1830. The topological polar surface area (TPSA) is 30.7 Å². The highest BCUT2D eigenvalue weighted by Crippen LogP contribution is 2.41. The smallest absolute Gasteiger partial charge is 0.126 e. The molecule has 6 aromatic rings. The molecule has 0 atom stereocenters. The molecular formula is C34H35N3. The van der Waals surface area contributed by atoms with Crippen LogP contribution in [0.15, 0.2) is 66.7 Å². The Kier molecular flexibility index (Phi) is 5.38. The van der Waals surface area contributed by atoms with Crippen molar-refractivity contribution in [2.24, 2.45) is 13.0 Å². The Hall–Kier alpha value is -3.72. The van der Waals surface area contributed by atoms with Crippen LogP contribution in [-0.4, -0.2) is 14.5 Å². The van der Waals surface area contributed by atoms with E-state index in [4.69, 9.17) is 9.97 Å². The summed E-state index contributed by atoms with van der Waals surface area (Å²) in [6, 6.07) is 24.5. The molecule has 0 aliphatic heterocycles. The van der Waals surface area contributed by atoms with Gasteiger partial charge in [0.15, 0.2) is 0 Å². The van der Waals surface area contributed by atoms with Crippen LogP contribution >= 0.6 is 0 Å². The van der Waals surface area contributed by atoms with E-state index >= 15 is 0 Å². The normalized spacial score (nSPS) is 12.5. The average Bonchev–Trinajstić information content (AvgIpc) is 3.13. The van der Waals surface area contributed by atoms with E-state index in [1.807, 2.05) is 6.92 Å². The van der Waals surface area contributed by atoms with E-state index in [0.29, 0.717) is 5.92 Å². The molecule has 37 heavy (non-hydrogen) atoms. The number of hydrogen-bond donors (Lipinski definition) is 0. The highest BCUT2D eigenvalue weighted by molar-refractivity contribution is 6.16. The summed E-state index contributed by atoms with van der Waals surface area (Å²) in [4.78, 5) is 10.2. The van der Waals surface area contributed by atoms with Crippen LogP contribution in [0.1, 0.15) is 51.6 Å². The molecule has 3 nitrogen and oxygen atoms in total. The molecular weight excluding hydrogens is 450 g/mol. The molecule has 0 saturated heterocycles. The van der Waals surface area contributed by atoms with Crippen LogP contribution in [-0.2, 0) is 18.9 Å². The summed E-state index contributed by atoms with van der Waals surface area (Å²) in [6.45, 7) is 13.5. The minimum atomic E-state index is 0.0118. The Morgan fingerprint density at radius 2 is 1.49 bits per heavy atom. The molecule has 0 aliphatic rings. The SMILES string of the molecule is Cc1nc(-c2cc(C(C)(C)C)c3ccccc3c2)c2c(n1)c1c(CC(C)C)c3ccccc3cc1n2C. The van der Waals surface area contributed by atoms with Gasteiger partial charge in [-0.05, 0) is 75.5 Å². The van der Waals surface area contributed by atoms with Gasteiger partial charge in [0.1, 0.15) is 11.3 Å². The van der Waals surface area contributed by atoms with Crippen molar-refractivity contribution in [3.05, 3.63) is 83.7 Å². The average molecular weight is 486 g/mol. The summed E-state index contributed by atoms with van der Waals surface area (Å²) in [5.41, 5.74) is 8.31. The zero-order valence-electron chi connectivity index (χ0n) is 23.0. The van der Waals surface area contributed by atoms with Crippen molar-refractivity contribution in [3.63, 3.8) is 0 Å². The van der Waals surface area contributed by atoms with Gasteiger partial charge >= 0.3 is 0 Å². The molecule has 0 N–H and O–H groups in total. The zero-order valence-corrected chi connectivity index (χ0v) is 23.0. The van der Waals surface area contributed by atoms with Crippen LogP contribution in [0.25, 0.3) is 54.7 Å². The van der Waals surface area contributed by atoms with Crippen molar-refractivity contribution in [1.82, 2.24) is 14.5 Å². The molecule has 0 fully saturated rings. The highest BCUT2D eigenvalue weighted by Gasteiger charge is 2.23. The monoisotopic (exact) mass is 485 g/mol. The number of aryl methyl sites for hydroxylation is 2. The maximum atomic E-state index is 5.09. The summed E-state index contributed by atoms with van der Waals surface area (Å²) in [5.74, 6) is 1.35. The van der Waals surface area contributed by atoms with Gasteiger partial charge in [0.2, 0.25) is 0 Å². The second-order valence-corrected chi connectivity index (χ2v) is 11.9. The van der Waals surface area contributed by atoms with Crippen molar-refractivity contribution in [2.45, 2.75) is 53.4 Å². The van der Waals surface area contributed by atoms with Gasteiger partial charge < -0.3 is 4.57 Å². The molecule has 186 valence electrons. The number of aromatic nitrogens is 3. The summed E-state index contributed by atoms with van der Waals surface area (Å²) in [5, 5.41) is 6.44. The van der Waals surface area contributed by atoms with Crippen LogP contribution in [0.5, 0.6) is 0 Å². The maximum Gasteiger partial charge on any atom is 0.126 e. The van der Waals surface area contributed by atoms with Gasteiger partial charge in [-0.25, -0.2) is 9.97 Å². The Morgan fingerprint density at radius 3 is 2.16 bits per heavy atom. The first-order valence-corrected chi connectivity index (χ1v) is 13.3. The Morgan fingerprint density at radius 1 is 0.838 bits per heavy atom. The van der Waals surface area contributed by atoms with Crippen LogP contribution in [0, 0.1) is 12.8 Å². The minimum absolute atomic E-state index is 0.0118. The Balaban J connectivity index is 1.77. The first-order valence-electron chi connectivity index (χ1n) is 13.3. The lowest BCUT2D eigenvalue weighted by molar-refractivity contribution is 0.596. The highest BCUT2D eigenvalue weighted by atomic mass is 15.0. The van der Waals surface area contributed by atoms with Crippen LogP contribution in [0.3, 0.4) is 0 Å². The van der Waals surface area contributed by atoms with E-state index < -0.39 is 0 Å². The van der Waals surface area contributed by atoms with Crippen LogP contribution in [0.4, 0.5) is 0 Å². The van der Waals surface area contributed by atoms with Crippen molar-refractivity contribution in [1.29, 1.82) is 0 Å². The molecule has 0 bridgehead atoms. The molecule has 0 amide bonds. The first-order chi connectivity index (χ1) is 17.6.